The minimum Gasteiger partial charge on any atom is -0.390 e. The van der Waals surface area contributed by atoms with Gasteiger partial charge in [-0.05, 0) is 15.9 Å². The standard InChI is InChI=1S/C10H15BrN5O12P3/c11-10-15-7-8(12)13-3-14-9(7)16(10)6-1-4(17)5(26-6)2-25-30(21,22)28-31(23,24)27-29(18,19)20/h3-6,17H,1-2H2,(H,21,22)(H,23,24)(H2,12,13,14)(H2,18,19,20). The third-order valence-corrected chi connectivity index (χ3v) is 8.13. The van der Waals surface area contributed by atoms with E-state index < -0.39 is 48.5 Å². The van der Waals surface area contributed by atoms with E-state index in [1.54, 1.807) is 0 Å². The van der Waals surface area contributed by atoms with E-state index in [1.165, 1.54) is 10.9 Å². The second kappa shape index (κ2) is 8.83. The minimum absolute atomic E-state index is 0.0294. The first-order valence-electron chi connectivity index (χ1n) is 7.93. The number of aliphatic hydroxyl groups is 1. The molecule has 0 aliphatic carbocycles. The summed E-state index contributed by atoms with van der Waals surface area (Å²) in [5.41, 5.74) is 6.29. The summed E-state index contributed by atoms with van der Waals surface area (Å²) in [5, 5.41) is 10.2. The molecular weight excluding hydrogens is 555 g/mol. The van der Waals surface area contributed by atoms with Gasteiger partial charge in [0.15, 0.2) is 21.7 Å². The average Bonchev–Trinajstić information content (AvgIpc) is 3.09. The number of nitrogen functional groups attached to an aromatic ring is 1. The maximum atomic E-state index is 11.8. The lowest BCUT2D eigenvalue weighted by Gasteiger charge is -2.19. The number of anilines is 1. The molecule has 2 aromatic heterocycles. The average molecular weight is 570 g/mol. The van der Waals surface area contributed by atoms with Crippen LogP contribution >= 0.6 is 39.4 Å². The van der Waals surface area contributed by atoms with Crippen molar-refractivity contribution in [2.75, 3.05) is 12.3 Å². The van der Waals surface area contributed by atoms with E-state index in [2.05, 4.69) is 44.0 Å². The van der Waals surface area contributed by atoms with Gasteiger partial charge in [0.1, 0.15) is 18.7 Å². The Morgan fingerprint density at radius 3 is 2.52 bits per heavy atom. The number of fused-ring (bicyclic) bond motifs is 1. The summed E-state index contributed by atoms with van der Waals surface area (Å²) in [7, 11) is -16.5. The van der Waals surface area contributed by atoms with Crippen LogP contribution in [0, 0.1) is 0 Å². The van der Waals surface area contributed by atoms with Crippen molar-refractivity contribution >= 4 is 56.4 Å². The van der Waals surface area contributed by atoms with Crippen LogP contribution in [0.15, 0.2) is 11.1 Å². The smallest absolute Gasteiger partial charge is 0.390 e. The molecule has 0 radical (unpaired) electrons. The van der Waals surface area contributed by atoms with E-state index in [0.717, 1.165) is 0 Å². The highest BCUT2D eigenvalue weighted by molar-refractivity contribution is 9.10. The number of hydrogen-bond donors (Lipinski definition) is 6. The predicted octanol–water partition coefficient (Wildman–Crippen LogP) is 0.163. The topological polar surface area (TPSA) is 259 Å². The summed E-state index contributed by atoms with van der Waals surface area (Å²) in [4.78, 5) is 47.7. The first-order chi connectivity index (χ1) is 14.2. The highest BCUT2D eigenvalue weighted by atomic mass is 79.9. The molecule has 1 saturated heterocycles. The second-order valence-electron chi connectivity index (χ2n) is 6.00. The number of nitrogens with zero attached hydrogens (tertiary/aromatic N) is 4. The van der Waals surface area contributed by atoms with E-state index in [1.807, 2.05) is 0 Å². The fourth-order valence-corrected chi connectivity index (χ4v) is 6.25. The molecule has 7 N–H and O–H groups in total. The molecule has 0 saturated carbocycles. The summed E-state index contributed by atoms with van der Waals surface area (Å²) < 4.78 is 52.8. The van der Waals surface area contributed by atoms with Crippen LogP contribution in [0.3, 0.4) is 0 Å². The molecule has 17 nitrogen and oxygen atoms in total. The number of nitrogens with two attached hydrogens (primary N) is 1. The fourth-order valence-electron chi connectivity index (χ4n) is 2.65. The Morgan fingerprint density at radius 1 is 1.19 bits per heavy atom. The zero-order chi connectivity index (χ0) is 23.2. The SMILES string of the molecule is Nc1ncnc2c1nc(Br)n2C1CC(O)C(COP(=O)(O)OP(=O)(O)OP(=O)(O)O)O1. The third-order valence-electron chi connectivity index (χ3n) is 3.77. The maximum Gasteiger partial charge on any atom is 0.490 e. The summed E-state index contributed by atoms with van der Waals surface area (Å²) in [6.07, 6.45) is -2.13. The first-order valence-corrected chi connectivity index (χ1v) is 13.2. The Hall–Kier alpha value is -0.840. The predicted molar refractivity (Wildman–Crippen MR) is 102 cm³/mol. The van der Waals surface area contributed by atoms with Crippen LogP contribution in [0.4, 0.5) is 5.82 Å². The number of ether oxygens (including phenoxy) is 1. The molecule has 5 unspecified atom stereocenters. The van der Waals surface area contributed by atoms with Crippen LogP contribution in [0.5, 0.6) is 0 Å². The van der Waals surface area contributed by atoms with Crippen LogP contribution in [0.1, 0.15) is 12.6 Å². The molecule has 3 rings (SSSR count). The number of phosphoric ester groups is 1. The monoisotopic (exact) mass is 569 g/mol. The van der Waals surface area contributed by atoms with Gasteiger partial charge in [-0.2, -0.15) is 8.62 Å². The van der Waals surface area contributed by atoms with Gasteiger partial charge in [-0.3, -0.25) is 9.09 Å². The molecule has 0 bridgehead atoms. The maximum absolute atomic E-state index is 11.8. The Morgan fingerprint density at radius 2 is 1.87 bits per heavy atom. The van der Waals surface area contributed by atoms with Crippen LogP contribution in [0.2, 0.25) is 0 Å². The molecule has 0 amide bonds. The van der Waals surface area contributed by atoms with Gasteiger partial charge >= 0.3 is 23.5 Å². The molecule has 0 aromatic carbocycles. The van der Waals surface area contributed by atoms with Gasteiger partial charge in [-0.25, -0.2) is 28.6 Å². The van der Waals surface area contributed by atoms with Gasteiger partial charge in [0.05, 0.1) is 12.7 Å². The Kier molecular flexibility index (Phi) is 7.07. The van der Waals surface area contributed by atoms with Crippen molar-refractivity contribution in [3.63, 3.8) is 0 Å². The molecule has 1 aliphatic rings. The molecule has 1 fully saturated rings. The van der Waals surface area contributed by atoms with Gasteiger partial charge in [0.25, 0.3) is 0 Å². The number of hydrogen-bond acceptors (Lipinski definition) is 12. The number of imidazole rings is 1. The third kappa shape index (κ3) is 6.15. The Bertz CT molecular complexity index is 1120. The molecular formula is C10H15BrN5O12P3. The lowest BCUT2D eigenvalue weighted by molar-refractivity contribution is -0.0430. The number of phosphoric acid groups is 3. The normalized spacial score (nSPS) is 26.1. The molecule has 2 aromatic rings. The van der Waals surface area contributed by atoms with Crippen LogP contribution in [0.25, 0.3) is 11.2 Å². The van der Waals surface area contributed by atoms with Crippen molar-refractivity contribution in [3.05, 3.63) is 11.1 Å². The second-order valence-corrected chi connectivity index (χ2v) is 11.1. The number of rotatable bonds is 8. The van der Waals surface area contributed by atoms with Crippen LogP contribution in [-0.2, 0) is 31.6 Å². The molecule has 31 heavy (non-hydrogen) atoms. The van der Waals surface area contributed by atoms with E-state index in [4.69, 9.17) is 25.2 Å². The van der Waals surface area contributed by atoms with E-state index in [-0.39, 0.29) is 28.1 Å². The van der Waals surface area contributed by atoms with Gasteiger partial charge in [0.2, 0.25) is 0 Å². The van der Waals surface area contributed by atoms with Crippen molar-refractivity contribution in [1.82, 2.24) is 19.5 Å². The molecule has 5 atom stereocenters. The van der Waals surface area contributed by atoms with Crippen LogP contribution < -0.4 is 5.73 Å². The van der Waals surface area contributed by atoms with Crippen LogP contribution in [-0.4, -0.2) is 63.0 Å². The molecule has 21 heteroatoms. The summed E-state index contributed by atoms with van der Waals surface area (Å²) in [6, 6.07) is 0. The number of aromatic nitrogens is 4. The summed E-state index contributed by atoms with van der Waals surface area (Å²) >= 11 is 3.22. The van der Waals surface area contributed by atoms with E-state index >= 15 is 0 Å². The van der Waals surface area contributed by atoms with Crippen molar-refractivity contribution in [2.24, 2.45) is 0 Å². The van der Waals surface area contributed by atoms with Gasteiger partial charge in [-0.15, -0.1) is 0 Å². The van der Waals surface area contributed by atoms with Gasteiger partial charge in [0, 0.05) is 6.42 Å². The number of halogens is 1. The fraction of sp³-hybridized carbons (Fsp3) is 0.500. The Balaban J connectivity index is 1.68. The van der Waals surface area contributed by atoms with E-state index in [9.17, 15) is 23.7 Å². The highest BCUT2D eigenvalue weighted by Gasteiger charge is 2.43. The molecule has 3 heterocycles. The lowest BCUT2D eigenvalue weighted by Crippen LogP contribution is -2.26. The first kappa shape index (κ1) is 24.8. The van der Waals surface area contributed by atoms with Gasteiger partial charge in [-0.1, -0.05) is 0 Å². The molecule has 0 spiro atoms. The van der Waals surface area contributed by atoms with Crippen molar-refractivity contribution in [3.8, 4) is 0 Å². The summed E-state index contributed by atoms with van der Waals surface area (Å²) in [6.45, 7) is -0.803. The molecule has 174 valence electrons. The van der Waals surface area contributed by atoms with Gasteiger partial charge < -0.3 is 35.2 Å². The molecule has 1 aliphatic heterocycles. The quantitative estimate of drug-likeness (QED) is 0.182. The van der Waals surface area contributed by atoms with Crippen molar-refractivity contribution in [2.45, 2.75) is 24.9 Å². The summed E-state index contributed by atoms with van der Waals surface area (Å²) in [5.74, 6) is 0.104. The van der Waals surface area contributed by atoms with E-state index in [0.29, 0.717) is 0 Å². The number of aliphatic hydroxyl groups excluding tert-OH is 1. The zero-order valence-electron chi connectivity index (χ0n) is 14.9. The van der Waals surface area contributed by atoms with Crippen molar-refractivity contribution < 1.29 is 56.3 Å². The zero-order valence-corrected chi connectivity index (χ0v) is 19.2. The Labute approximate surface area is 180 Å². The minimum atomic E-state index is -5.65. The highest BCUT2D eigenvalue weighted by Crippen LogP contribution is 2.66. The largest absolute Gasteiger partial charge is 0.490 e. The lowest BCUT2D eigenvalue weighted by atomic mass is 10.2. The van der Waals surface area contributed by atoms with Crippen molar-refractivity contribution in [1.29, 1.82) is 0 Å².